The highest BCUT2D eigenvalue weighted by atomic mass is 16.2. The summed E-state index contributed by atoms with van der Waals surface area (Å²) in [4.78, 5) is 21.3. The Balaban J connectivity index is 1.90. The van der Waals surface area contributed by atoms with Gasteiger partial charge in [-0.25, -0.2) is 9.50 Å². The SMILES string of the molecule is CCN(CC)C(=O)CN1CCCC1c1ccnc2cc(C(C)(C)C)nn12. The van der Waals surface area contributed by atoms with Gasteiger partial charge in [0.15, 0.2) is 5.65 Å². The summed E-state index contributed by atoms with van der Waals surface area (Å²) in [6.45, 7) is 13.5. The fourth-order valence-corrected chi connectivity index (χ4v) is 3.73. The van der Waals surface area contributed by atoms with Crippen LogP contribution in [0, 0.1) is 0 Å². The second-order valence-electron chi connectivity index (χ2n) is 8.11. The Morgan fingerprint density at radius 3 is 2.69 bits per heavy atom. The lowest BCUT2D eigenvalue weighted by Crippen LogP contribution is -2.40. The first-order valence-corrected chi connectivity index (χ1v) is 9.72. The molecule has 1 unspecified atom stereocenters. The van der Waals surface area contributed by atoms with Crippen LogP contribution in [0.25, 0.3) is 5.65 Å². The molecule has 0 bridgehead atoms. The van der Waals surface area contributed by atoms with Gasteiger partial charge in [0.1, 0.15) is 0 Å². The highest BCUT2D eigenvalue weighted by Gasteiger charge is 2.31. The van der Waals surface area contributed by atoms with E-state index < -0.39 is 0 Å². The molecule has 0 spiro atoms. The lowest BCUT2D eigenvalue weighted by Gasteiger charge is -2.27. The van der Waals surface area contributed by atoms with E-state index in [4.69, 9.17) is 5.10 Å². The number of fused-ring (bicyclic) bond motifs is 1. The first-order valence-electron chi connectivity index (χ1n) is 9.72. The lowest BCUT2D eigenvalue weighted by atomic mass is 9.93. The summed E-state index contributed by atoms with van der Waals surface area (Å²) < 4.78 is 1.98. The molecule has 1 saturated heterocycles. The number of rotatable bonds is 5. The molecule has 2 aromatic heterocycles. The number of aromatic nitrogens is 3. The van der Waals surface area contributed by atoms with E-state index >= 15 is 0 Å². The average Bonchev–Trinajstić information content (AvgIpc) is 3.21. The van der Waals surface area contributed by atoms with Gasteiger partial charge in [-0.15, -0.1) is 0 Å². The zero-order valence-electron chi connectivity index (χ0n) is 16.7. The summed E-state index contributed by atoms with van der Waals surface area (Å²) in [5, 5.41) is 4.84. The van der Waals surface area contributed by atoms with Crippen molar-refractivity contribution in [3.8, 4) is 0 Å². The van der Waals surface area contributed by atoms with Crippen molar-refractivity contribution in [3.63, 3.8) is 0 Å². The van der Waals surface area contributed by atoms with Crippen LogP contribution in [0.1, 0.15) is 64.9 Å². The predicted octanol–water partition coefficient (Wildman–Crippen LogP) is 3.03. The summed E-state index contributed by atoms with van der Waals surface area (Å²) in [6, 6.07) is 4.34. The van der Waals surface area contributed by atoms with Gasteiger partial charge in [-0.3, -0.25) is 9.69 Å². The molecule has 1 aliphatic rings. The van der Waals surface area contributed by atoms with Crippen LogP contribution in [-0.4, -0.2) is 56.5 Å². The largest absolute Gasteiger partial charge is 0.342 e. The van der Waals surface area contributed by atoms with Crippen molar-refractivity contribution in [1.29, 1.82) is 0 Å². The molecule has 3 rings (SSSR count). The molecule has 6 heteroatoms. The summed E-state index contributed by atoms with van der Waals surface area (Å²) in [7, 11) is 0. The number of hydrogen-bond donors (Lipinski definition) is 0. The van der Waals surface area contributed by atoms with Crippen LogP contribution in [0.15, 0.2) is 18.3 Å². The fraction of sp³-hybridized carbons (Fsp3) is 0.650. The molecule has 2 aromatic rings. The third-order valence-electron chi connectivity index (χ3n) is 5.32. The van der Waals surface area contributed by atoms with E-state index in [1.165, 1.54) is 0 Å². The number of carbonyl (C=O) groups excluding carboxylic acids is 1. The minimum atomic E-state index is -0.0148. The first kappa shape index (κ1) is 18.8. The Morgan fingerprint density at radius 1 is 1.31 bits per heavy atom. The van der Waals surface area contributed by atoms with Gasteiger partial charge < -0.3 is 4.90 Å². The maximum absolute atomic E-state index is 12.6. The predicted molar refractivity (Wildman–Crippen MR) is 103 cm³/mol. The Kier molecular flexibility index (Phi) is 5.32. The Hall–Kier alpha value is -1.95. The number of carbonyl (C=O) groups is 1. The standard InChI is InChI=1S/C20H31N5O/c1-6-23(7-2)19(26)14-24-12-8-9-15(24)16-10-11-21-18-13-17(20(3,4)5)22-25(16)18/h10-11,13,15H,6-9,12,14H2,1-5H3. The van der Waals surface area contributed by atoms with Gasteiger partial charge in [-0.1, -0.05) is 20.8 Å². The van der Waals surface area contributed by atoms with Gasteiger partial charge in [0.25, 0.3) is 0 Å². The van der Waals surface area contributed by atoms with E-state index in [2.05, 4.69) is 42.8 Å². The van der Waals surface area contributed by atoms with Crippen LogP contribution in [0.2, 0.25) is 0 Å². The fourth-order valence-electron chi connectivity index (χ4n) is 3.73. The molecule has 3 heterocycles. The maximum Gasteiger partial charge on any atom is 0.236 e. The minimum absolute atomic E-state index is 0.0148. The molecule has 0 N–H and O–H groups in total. The van der Waals surface area contributed by atoms with E-state index in [-0.39, 0.29) is 17.4 Å². The molecule has 142 valence electrons. The van der Waals surface area contributed by atoms with Crippen LogP contribution < -0.4 is 0 Å². The van der Waals surface area contributed by atoms with Crippen molar-refractivity contribution >= 4 is 11.6 Å². The molecule has 1 atom stereocenters. The van der Waals surface area contributed by atoms with Crippen molar-refractivity contribution in [2.24, 2.45) is 0 Å². The smallest absolute Gasteiger partial charge is 0.236 e. The molecule has 6 nitrogen and oxygen atoms in total. The summed E-state index contributed by atoms with van der Waals surface area (Å²) in [6.07, 6.45) is 4.02. The highest BCUT2D eigenvalue weighted by molar-refractivity contribution is 5.78. The molecular weight excluding hydrogens is 326 g/mol. The average molecular weight is 358 g/mol. The summed E-state index contributed by atoms with van der Waals surface area (Å²) in [5.41, 5.74) is 3.05. The van der Waals surface area contributed by atoms with Gasteiger partial charge in [0.05, 0.1) is 24.0 Å². The zero-order valence-corrected chi connectivity index (χ0v) is 16.7. The van der Waals surface area contributed by atoms with Crippen molar-refractivity contribution in [1.82, 2.24) is 24.4 Å². The van der Waals surface area contributed by atoms with Crippen LogP contribution >= 0.6 is 0 Å². The third kappa shape index (κ3) is 3.61. The van der Waals surface area contributed by atoms with Crippen molar-refractivity contribution in [3.05, 3.63) is 29.7 Å². The number of likely N-dealkylation sites (N-methyl/N-ethyl adjacent to an activating group) is 1. The molecular formula is C20H31N5O. The molecule has 0 radical (unpaired) electrons. The Bertz CT molecular complexity index is 772. The van der Waals surface area contributed by atoms with Crippen molar-refractivity contribution in [2.45, 2.75) is 58.9 Å². The van der Waals surface area contributed by atoms with Gasteiger partial charge in [-0.05, 0) is 39.3 Å². The second-order valence-corrected chi connectivity index (χ2v) is 8.11. The summed E-state index contributed by atoms with van der Waals surface area (Å²) >= 11 is 0. The van der Waals surface area contributed by atoms with E-state index in [9.17, 15) is 4.79 Å². The normalized spacial score (nSPS) is 18.6. The lowest BCUT2D eigenvalue weighted by molar-refractivity contribution is -0.132. The third-order valence-corrected chi connectivity index (χ3v) is 5.32. The number of amides is 1. The van der Waals surface area contributed by atoms with E-state index in [1.54, 1.807) is 0 Å². The molecule has 26 heavy (non-hydrogen) atoms. The van der Waals surface area contributed by atoms with Gasteiger partial charge in [0, 0.05) is 30.8 Å². The van der Waals surface area contributed by atoms with Crippen LogP contribution in [0.5, 0.6) is 0 Å². The number of nitrogens with zero attached hydrogens (tertiary/aromatic N) is 5. The number of hydrogen-bond acceptors (Lipinski definition) is 4. The van der Waals surface area contributed by atoms with E-state index in [1.807, 2.05) is 29.5 Å². The van der Waals surface area contributed by atoms with Crippen LogP contribution in [0.3, 0.4) is 0 Å². The van der Waals surface area contributed by atoms with Gasteiger partial charge >= 0.3 is 0 Å². The minimum Gasteiger partial charge on any atom is -0.342 e. The monoisotopic (exact) mass is 357 g/mol. The molecule has 0 saturated carbocycles. The highest BCUT2D eigenvalue weighted by Crippen LogP contribution is 2.32. The Labute approximate surface area is 156 Å². The molecule has 1 fully saturated rings. The Morgan fingerprint density at radius 2 is 2.04 bits per heavy atom. The van der Waals surface area contributed by atoms with Gasteiger partial charge in [0.2, 0.25) is 5.91 Å². The molecule has 1 amide bonds. The first-order chi connectivity index (χ1) is 12.3. The second kappa shape index (κ2) is 7.35. The topological polar surface area (TPSA) is 53.7 Å². The molecule has 0 aliphatic carbocycles. The molecule has 1 aliphatic heterocycles. The van der Waals surface area contributed by atoms with Crippen LogP contribution in [-0.2, 0) is 10.2 Å². The number of likely N-dealkylation sites (tertiary alicyclic amines) is 1. The van der Waals surface area contributed by atoms with E-state index in [0.717, 1.165) is 49.5 Å². The van der Waals surface area contributed by atoms with Crippen molar-refractivity contribution in [2.75, 3.05) is 26.2 Å². The summed E-state index contributed by atoms with van der Waals surface area (Å²) in [5.74, 6) is 0.211. The van der Waals surface area contributed by atoms with Crippen molar-refractivity contribution < 1.29 is 4.79 Å². The zero-order chi connectivity index (χ0) is 18.9. The van der Waals surface area contributed by atoms with Crippen LogP contribution in [0.4, 0.5) is 0 Å². The maximum atomic E-state index is 12.6. The quantitative estimate of drug-likeness (QED) is 0.825. The van der Waals surface area contributed by atoms with Gasteiger partial charge in [-0.2, -0.15) is 5.10 Å². The van der Waals surface area contributed by atoms with E-state index in [0.29, 0.717) is 6.54 Å². The molecule has 0 aromatic carbocycles.